The number of hydrogen-bond donors (Lipinski definition) is 0. The second-order valence-electron chi connectivity index (χ2n) is 5.57. The maximum Gasteiger partial charge on any atom is 0.276 e. The molecule has 126 valence electrons. The van der Waals surface area contributed by atoms with Crippen molar-refractivity contribution in [2.24, 2.45) is 14.1 Å². The minimum atomic E-state index is -0.146. The number of fused-ring (bicyclic) bond motifs is 1. The van der Waals surface area contributed by atoms with Crippen molar-refractivity contribution < 1.29 is 4.74 Å². The van der Waals surface area contributed by atoms with Crippen molar-refractivity contribution in [1.29, 1.82) is 0 Å². The van der Waals surface area contributed by atoms with Crippen LogP contribution in [0.25, 0.3) is 21.2 Å². The highest BCUT2D eigenvalue weighted by Gasteiger charge is 2.17. The smallest absolute Gasteiger partial charge is 0.276 e. The van der Waals surface area contributed by atoms with Gasteiger partial charge < -0.3 is 9.30 Å². The fourth-order valence-electron chi connectivity index (χ4n) is 2.62. The molecule has 0 aliphatic heterocycles. The predicted molar refractivity (Wildman–Crippen MR) is 95.6 cm³/mol. The van der Waals surface area contributed by atoms with Crippen LogP contribution in [-0.2, 0) is 20.7 Å². The van der Waals surface area contributed by atoms with Crippen molar-refractivity contribution in [2.75, 3.05) is 0 Å². The quantitative estimate of drug-likeness (QED) is 0.563. The summed E-state index contributed by atoms with van der Waals surface area (Å²) in [5, 5.41) is 6.85. The van der Waals surface area contributed by atoms with Gasteiger partial charge in [0.25, 0.3) is 5.56 Å². The molecule has 0 amide bonds. The lowest BCUT2D eigenvalue weighted by Gasteiger charge is -2.08. The normalized spacial score (nSPS) is 11.1. The highest BCUT2D eigenvalue weighted by molar-refractivity contribution is 7.18. The van der Waals surface area contributed by atoms with E-state index in [4.69, 9.17) is 4.74 Å². The molecule has 8 heteroatoms. The van der Waals surface area contributed by atoms with E-state index < -0.39 is 0 Å². The number of aryl methyl sites for hydroxylation is 2. The average molecular weight is 353 g/mol. The monoisotopic (exact) mass is 353 g/mol. The van der Waals surface area contributed by atoms with Crippen LogP contribution >= 0.6 is 11.3 Å². The highest BCUT2D eigenvalue weighted by atomic mass is 32.1. The molecule has 0 aliphatic carbocycles. The number of aromatic nitrogens is 5. The Labute approximate surface area is 147 Å². The van der Waals surface area contributed by atoms with Crippen molar-refractivity contribution in [3.63, 3.8) is 0 Å². The first-order valence-electron chi connectivity index (χ1n) is 7.63. The van der Waals surface area contributed by atoms with Gasteiger partial charge in [-0.05, 0) is 17.7 Å². The Morgan fingerprint density at radius 1 is 1.20 bits per heavy atom. The largest absolute Gasteiger partial charge is 0.467 e. The van der Waals surface area contributed by atoms with Crippen LogP contribution in [0.5, 0.6) is 5.88 Å². The molecule has 0 radical (unpaired) electrons. The fraction of sp³-hybridized carbons (Fsp3) is 0.176. The van der Waals surface area contributed by atoms with Gasteiger partial charge in [-0.15, -0.1) is 16.4 Å². The van der Waals surface area contributed by atoms with Gasteiger partial charge in [0.05, 0.1) is 5.39 Å². The fourth-order valence-corrected chi connectivity index (χ4v) is 3.63. The molecule has 7 nitrogen and oxygen atoms in total. The van der Waals surface area contributed by atoms with E-state index in [2.05, 4.69) is 15.1 Å². The summed E-state index contributed by atoms with van der Waals surface area (Å²) >= 11 is 1.45. The third-order valence-corrected chi connectivity index (χ3v) is 4.95. The summed E-state index contributed by atoms with van der Waals surface area (Å²) in [6, 6.07) is 3.77. The number of hydrogen-bond acceptors (Lipinski definition) is 6. The molecule has 0 bridgehead atoms. The van der Waals surface area contributed by atoms with Crippen LogP contribution in [0.4, 0.5) is 0 Å². The lowest BCUT2D eigenvalue weighted by atomic mass is 10.1. The van der Waals surface area contributed by atoms with Gasteiger partial charge in [0.15, 0.2) is 0 Å². The Morgan fingerprint density at radius 3 is 2.72 bits per heavy atom. The lowest BCUT2D eigenvalue weighted by molar-refractivity contribution is 0.277. The molecule has 25 heavy (non-hydrogen) atoms. The lowest BCUT2D eigenvalue weighted by Crippen LogP contribution is -2.20. The van der Waals surface area contributed by atoms with Gasteiger partial charge in [-0.25, -0.2) is 9.67 Å². The zero-order valence-corrected chi connectivity index (χ0v) is 14.5. The molecule has 0 aliphatic rings. The van der Waals surface area contributed by atoms with Gasteiger partial charge in [0.2, 0.25) is 5.88 Å². The van der Waals surface area contributed by atoms with E-state index in [1.165, 1.54) is 16.0 Å². The van der Waals surface area contributed by atoms with Gasteiger partial charge in [-0.1, -0.05) is 0 Å². The minimum absolute atomic E-state index is 0.146. The van der Waals surface area contributed by atoms with Gasteiger partial charge in [-0.3, -0.25) is 9.78 Å². The number of rotatable bonds is 4. The predicted octanol–water partition coefficient (Wildman–Crippen LogP) is 2.37. The summed E-state index contributed by atoms with van der Waals surface area (Å²) < 4.78 is 9.81. The van der Waals surface area contributed by atoms with Gasteiger partial charge in [0, 0.05) is 49.8 Å². The van der Waals surface area contributed by atoms with Crippen LogP contribution < -0.4 is 10.3 Å². The molecular formula is C17H15N5O2S. The Hall–Kier alpha value is -3.00. The molecule has 4 aromatic heterocycles. The SMILES string of the molecule is Cn1ccnc1COc1nn(C)c(=O)c2c(-c3ccncc3)csc12. The van der Waals surface area contributed by atoms with E-state index >= 15 is 0 Å². The summed E-state index contributed by atoms with van der Waals surface area (Å²) in [6.07, 6.45) is 7.00. The second kappa shape index (κ2) is 6.14. The van der Waals surface area contributed by atoms with E-state index in [0.717, 1.165) is 21.7 Å². The van der Waals surface area contributed by atoms with Crippen LogP contribution in [-0.4, -0.2) is 24.3 Å². The Balaban J connectivity index is 1.81. The number of pyridine rings is 1. The number of imidazole rings is 1. The minimum Gasteiger partial charge on any atom is -0.467 e. The van der Waals surface area contributed by atoms with Crippen LogP contribution in [0.15, 0.2) is 47.1 Å². The molecule has 4 heterocycles. The molecule has 0 spiro atoms. The Bertz CT molecular complexity index is 1100. The number of nitrogens with zero attached hydrogens (tertiary/aromatic N) is 5. The van der Waals surface area contributed by atoms with Crippen molar-refractivity contribution in [3.05, 3.63) is 58.5 Å². The third kappa shape index (κ3) is 2.70. The first-order valence-corrected chi connectivity index (χ1v) is 8.51. The molecule has 0 saturated heterocycles. The van der Waals surface area contributed by atoms with E-state index in [1.54, 1.807) is 25.6 Å². The van der Waals surface area contributed by atoms with Crippen LogP contribution in [0.1, 0.15) is 5.82 Å². The zero-order valence-electron chi connectivity index (χ0n) is 13.7. The number of thiophene rings is 1. The van der Waals surface area contributed by atoms with E-state index in [-0.39, 0.29) is 12.2 Å². The zero-order chi connectivity index (χ0) is 17.4. The maximum atomic E-state index is 12.6. The van der Waals surface area contributed by atoms with Crippen LogP contribution in [0, 0.1) is 0 Å². The summed E-state index contributed by atoms with van der Waals surface area (Å²) in [5.74, 6) is 1.22. The molecule has 4 rings (SSSR count). The molecule has 0 fully saturated rings. The molecule has 0 aromatic carbocycles. The third-order valence-electron chi connectivity index (χ3n) is 3.98. The molecule has 0 saturated carbocycles. The van der Waals surface area contributed by atoms with Crippen molar-refractivity contribution in [1.82, 2.24) is 24.3 Å². The first-order chi connectivity index (χ1) is 12.1. The molecule has 0 unspecified atom stereocenters. The van der Waals surface area contributed by atoms with Gasteiger partial charge in [-0.2, -0.15) is 0 Å². The first kappa shape index (κ1) is 15.5. The maximum absolute atomic E-state index is 12.6. The summed E-state index contributed by atoms with van der Waals surface area (Å²) in [5.41, 5.74) is 1.67. The van der Waals surface area contributed by atoms with Crippen molar-refractivity contribution >= 4 is 21.4 Å². The molecule has 0 atom stereocenters. The second-order valence-corrected chi connectivity index (χ2v) is 6.45. The van der Waals surface area contributed by atoms with Crippen molar-refractivity contribution in [3.8, 4) is 17.0 Å². The molecule has 0 N–H and O–H groups in total. The van der Waals surface area contributed by atoms with E-state index in [1.807, 2.05) is 35.3 Å². The molecular weight excluding hydrogens is 338 g/mol. The Kier molecular flexibility index (Phi) is 3.81. The summed E-state index contributed by atoms with van der Waals surface area (Å²) in [4.78, 5) is 20.9. The van der Waals surface area contributed by atoms with Crippen molar-refractivity contribution in [2.45, 2.75) is 6.61 Å². The van der Waals surface area contributed by atoms with Crippen LogP contribution in [0.3, 0.4) is 0 Å². The standard InChI is InChI=1S/C17H15N5O2S/c1-21-8-7-19-13(21)9-24-16-15-14(17(23)22(2)20-16)12(10-25-15)11-3-5-18-6-4-11/h3-8,10H,9H2,1-2H3. The van der Waals surface area contributed by atoms with E-state index in [9.17, 15) is 4.79 Å². The number of ether oxygens (including phenoxy) is 1. The summed E-state index contributed by atoms with van der Waals surface area (Å²) in [6.45, 7) is 0.284. The van der Waals surface area contributed by atoms with E-state index in [0.29, 0.717) is 11.3 Å². The van der Waals surface area contributed by atoms with Gasteiger partial charge in [0.1, 0.15) is 17.1 Å². The topological polar surface area (TPSA) is 74.8 Å². The van der Waals surface area contributed by atoms with Crippen LogP contribution in [0.2, 0.25) is 0 Å². The van der Waals surface area contributed by atoms with Gasteiger partial charge >= 0.3 is 0 Å². The Morgan fingerprint density at radius 2 is 2.00 bits per heavy atom. The molecule has 4 aromatic rings. The average Bonchev–Trinajstić information content (AvgIpc) is 3.24. The highest BCUT2D eigenvalue weighted by Crippen LogP contribution is 2.35. The summed E-state index contributed by atoms with van der Waals surface area (Å²) in [7, 11) is 3.53.